The number of hydrogen-bond acceptors (Lipinski definition) is 3. The molecule has 1 saturated carbocycles. The normalized spacial score (nSPS) is 33.2. The van der Waals surface area contributed by atoms with Crippen molar-refractivity contribution < 1.29 is 0 Å². The van der Waals surface area contributed by atoms with Gasteiger partial charge in [-0.2, -0.15) is 11.8 Å². The van der Waals surface area contributed by atoms with Crippen molar-refractivity contribution in [2.24, 2.45) is 17.1 Å². The monoisotopic (exact) mass is 270 g/mol. The molecule has 106 valence electrons. The summed E-state index contributed by atoms with van der Waals surface area (Å²) in [7, 11) is 2.32. The first kappa shape index (κ1) is 14.7. The van der Waals surface area contributed by atoms with Crippen LogP contribution in [-0.2, 0) is 0 Å². The van der Waals surface area contributed by atoms with E-state index in [-0.39, 0.29) is 5.54 Å². The van der Waals surface area contributed by atoms with Crippen molar-refractivity contribution in [3.63, 3.8) is 0 Å². The molecule has 0 radical (unpaired) electrons. The van der Waals surface area contributed by atoms with E-state index in [2.05, 4.69) is 37.6 Å². The molecular formula is C15H30N2S. The Morgan fingerprint density at radius 1 is 1.28 bits per heavy atom. The van der Waals surface area contributed by atoms with E-state index >= 15 is 0 Å². The van der Waals surface area contributed by atoms with Gasteiger partial charge in [0.1, 0.15) is 0 Å². The van der Waals surface area contributed by atoms with Crippen molar-refractivity contribution >= 4 is 11.8 Å². The Balaban J connectivity index is 2.09. The third-order valence-corrected chi connectivity index (χ3v) is 6.72. The Hall–Kier alpha value is 0.270. The lowest BCUT2D eigenvalue weighted by Crippen LogP contribution is -2.65. The van der Waals surface area contributed by atoms with Gasteiger partial charge in [-0.3, -0.25) is 4.90 Å². The lowest BCUT2D eigenvalue weighted by Gasteiger charge is -2.55. The quantitative estimate of drug-likeness (QED) is 0.851. The van der Waals surface area contributed by atoms with Crippen LogP contribution in [0.4, 0.5) is 0 Å². The molecule has 0 spiro atoms. The molecule has 2 N–H and O–H groups in total. The molecule has 1 aliphatic carbocycles. The van der Waals surface area contributed by atoms with E-state index in [0.29, 0.717) is 5.41 Å². The van der Waals surface area contributed by atoms with E-state index in [4.69, 9.17) is 5.73 Å². The van der Waals surface area contributed by atoms with Crippen molar-refractivity contribution in [2.45, 2.75) is 51.5 Å². The third kappa shape index (κ3) is 2.59. The Morgan fingerprint density at radius 2 is 1.94 bits per heavy atom. The van der Waals surface area contributed by atoms with Gasteiger partial charge in [-0.15, -0.1) is 0 Å². The van der Waals surface area contributed by atoms with Gasteiger partial charge >= 0.3 is 0 Å². The summed E-state index contributed by atoms with van der Waals surface area (Å²) in [5.74, 6) is 3.42. The van der Waals surface area contributed by atoms with Crippen LogP contribution in [0.2, 0.25) is 0 Å². The molecular weight excluding hydrogens is 240 g/mol. The maximum Gasteiger partial charge on any atom is 0.0470 e. The van der Waals surface area contributed by atoms with Crippen molar-refractivity contribution in [1.82, 2.24) is 4.90 Å². The first-order chi connectivity index (χ1) is 8.52. The maximum absolute atomic E-state index is 6.23. The van der Waals surface area contributed by atoms with Crippen LogP contribution in [0.15, 0.2) is 0 Å². The molecule has 2 nitrogen and oxygen atoms in total. The molecule has 0 aromatic carbocycles. The SMILES string of the molecule is CN(CC1CCCC1)C1(CN)CSCCC1(C)C. The van der Waals surface area contributed by atoms with Crippen LogP contribution in [0.3, 0.4) is 0 Å². The zero-order valence-corrected chi connectivity index (χ0v) is 13.2. The van der Waals surface area contributed by atoms with E-state index in [1.165, 1.54) is 50.2 Å². The fraction of sp³-hybridized carbons (Fsp3) is 1.00. The number of nitrogens with zero attached hydrogens (tertiary/aromatic N) is 1. The van der Waals surface area contributed by atoms with E-state index in [1.54, 1.807) is 0 Å². The fourth-order valence-corrected chi connectivity index (χ4v) is 5.73. The molecule has 0 aromatic rings. The minimum absolute atomic E-state index is 0.207. The van der Waals surface area contributed by atoms with Crippen LogP contribution in [0.25, 0.3) is 0 Å². The molecule has 2 fully saturated rings. The van der Waals surface area contributed by atoms with Gasteiger partial charge in [-0.25, -0.2) is 0 Å². The average molecular weight is 270 g/mol. The lowest BCUT2D eigenvalue weighted by molar-refractivity contribution is 0.0109. The highest BCUT2D eigenvalue weighted by atomic mass is 32.2. The van der Waals surface area contributed by atoms with Crippen molar-refractivity contribution in [3.8, 4) is 0 Å². The molecule has 1 atom stereocenters. The molecule has 1 saturated heterocycles. The number of likely N-dealkylation sites (N-methyl/N-ethyl adjacent to an activating group) is 1. The van der Waals surface area contributed by atoms with Crippen molar-refractivity contribution in [1.29, 1.82) is 0 Å². The Labute approximate surface area is 117 Å². The van der Waals surface area contributed by atoms with E-state index < -0.39 is 0 Å². The predicted octanol–water partition coefficient (Wildman–Crippen LogP) is 2.97. The third-order valence-electron chi connectivity index (χ3n) is 5.55. The molecule has 18 heavy (non-hydrogen) atoms. The van der Waals surface area contributed by atoms with Crippen LogP contribution in [0.1, 0.15) is 46.0 Å². The Kier molecular flexibility index (Phi) is 4.66. The standard InChI is InChI=1S/C15H30N2S/c1-14(2)8-9-18-12-15(14,11-16)17(3)10-13-6-4-5-7-13/h13H,4-12,16H2,1-3H3. The number of rotatable bonds is 4. The Morgan fingerprint density at radius 3 is 2.50 bits per heavy atom. The van der Waals surface area contributed by atoms with Gasteiger partial charge in [-0.1, -0.05) is 26.7 Å². The smallest absolute Gasteiger partial charge is 0.0470 e. The number of hydrogen-bond donors (Lipinski definition) is 1. The van der Waals surface area contributed by atoms with Gasteiger partial charge < -0.3 is 5.73 Å². The average Bonchev–Trinajstić information content (AvgIpc) is 2.81. The topological polar surface area (TPSA) is 29.3 Å². The lowest BCUT2D eigenvalue weighted by atomic mass is 9.69. The first-order valence-electron chi connectivity index (χ1n) is 7.51. The van der Waals surface area contributed by atoms with Gasteiger partial charge in [0.25, 0.3) is 0 Å². The second kappa shape index (κ2) is 5.72. The molecule has 3 heteroatoms. The zero-order chi connectivity index (χ0) is 13.2. The zero-order valence-electron chi connectivity index (χ0n) is 12.4. The summed E-state index contributed by atoms with van der Waals surface area (Å²) in [6.45, 7) is 6.90. The summed E-state index contributed by atoms with van der Waals surface area (Å²) < 4.78 is 0. The number of nitrogens with two attached hydrogens (primary N) is 1. The highest BCUT2D eigenvalue weighted by Crippen LogP contribution is 2.45. The molecule has 2 aliphatic rings. The van der Waals surface area contributed by atoms with Gasteiger partial charge in [0.15, 0.2) is 0 Å². The summed E-state index contributed by atoms with van der Waals surface area (Å²) in [5.41, 5.74) is 6.79. The predicted molar refractivity (Wildman–Crippen MR) is 82.1 cm³/mol. The van der Waals surface area contributed by atoms with Crippen LogP contribution in [0, 0.1) is 11.3 Å². The van der Waals surface area contributed by atoms with Gasteiger partial charge in [0, 0.05) is 24.4 Å². The minimum atomic E-state index is 0.207. The minimum Gasteiger partial charge on any atom is -0.329 e. The van der Waals surface area contributed by atoms with Crippen molar-refractivity contribution in [2.75, 3.05) is 31.6 Å². The van der Waals surface area contributed by atoms with Gasteiger partial charge in [-0.05, 0) is 43.4 Å². The Bertz CT molecular complexity index is 274. The van der Waals surface area contributed by atoms with Gasteiger partial charge in [0.2, 0.25) is 0 Å². The summed E-state index contributed by atoms with van der Waals surface area (Å²) >= 11 is 2.09. The summed E-state index contributed by atoms with van der Waals surface area (Å²) in [5, 5.41) is 0. The second-order valence-electron chi connectivity index (χ2n) is 6.95. The van der Waals surface area contributed by atoms with Crippen LogP contribution < -0.4 is 5.73 Å². The van der Waals surface area contributed by atoms with E-state index in [0.717, 1.165) is 12.5 Å². The summed E-state index contributed by atoms with van der Waals surface area (Å²) in [4.78, 5) is 2.62. The summed E-state index contributed by atoms with van der Waals surface area (Å²) in [6, 6.07) is 0. The van der Waals surface area contributed by atoms with E-state index in [9.17, 15) is 0 Å². The van der Waals surface area contributed by atoms with Crippen LogP contribution in [-0.4, -0.2) is 42.1 Å². The maximum atomic E-state index is 6.23. The molecule has 0 aromatic heterocycles. The first-order valence-corrected chi connectivity index (χ1v) is 8.66. The van der Waals surface area contributed by atoms with Gasteiger partial charge in [0.05, 0.1) is 0 Å². The largest absolute Gasteiger partial charge is 0.329 e. The molecule has 1 unspecified atom stereocenters. The second-order valence-corrected chi connectivity index (χ2v) is 8.06. The van der Waals surface area contributed by atoms with Crippen LogP contribution >= 0.6 is 11.8 Å². The number of thioether (sulfide) groups is 1. The molecule has 1 heterocycles. The molecule has 1 aliphatic heterocycles. The fourth-order valence-electron chi connectivity index (χ4n) is 3.87. The van der Waals surface area contributed by atoms with Crippen molar-refractivity contribution in [3.05, 3.63) is 0 Å². The highest BCUT2D eigenvalue weighted by molar-refractivity contribution is 7.99. The highest BCUT2D eigenvalue weighted by Gasteiger charge is 2.49. The molecule has 0 amide bonds. The van der Waals surface area contributed by atoms with Crippen LogP contribution in [0.5, 0.6) is 0 Å². The molecule has 2 rings (SSSR count). The summed E-state index contributed by atoms with van der Waals surface area (Å²) in [6.07, 6.45) is 7.03. The molecule has 0 bridgehead atoms. The van der Waals surface area contributed by atoms with E-state index in [1.807, 2.05) is 0 Å².